The molecule has 0 bridgehead atoms. The minimum atomic E-state index is -4.24. The smallest absolute Gasteiger partial charge is 0.307 e. The highest BCUT2D eigenvalue weighted by Gasteiger charge is 2.26. The van der Waals surface area contributed by atoms with Crippen LogP contribution in [0.4, 0.5) is 13.2 Å². The second-order valence-electron chi connectivity index (χ2n) is 3.82. The molecule has 1 N–H and O–H groups in total. The van der Waals surface area contributed by atoms with E-state index in [0.717, 1.165) is 0 Å². The van der Waals surface area contributed by atoms with Crippen molar-refractivity contribution in [1.29, 1.82) is 0 Å². The Hall–Kier alpha value is -0.890. The molecule has 0 saturated carbocycles. The molecule has 0 fully saturated rings. The van der Waals surface area contributed by atoms with Crippen molar-refractivity contribution in [3.63, 3.8) is 0 Å². The maximum absolute atomic E-state index is 11.9. The van der Waals surface area contributed by atoms with Crippen molar-refractivity contribution in [2.45, 2.75) is 26.6 Å². The Balaban J connectivity index is 2.69. The lowest BCUT2D eigenvalue weighted by atomic mass is 10.3. The van der Waals surface area contributed by atoms with Crippen molar-refractivity contribution < 1.29 is 13.2 Å². The molecule has 0 aliphatic heterocycles. The summed E-state index contributed by atoms with van der Waals surface area (Å²) in [6.45, 7) is 2.53. The summed E-state index contributed by atoms with van der Waals surface area (Å²) in [7, 11) is 0. The molecule has 0 unspecified atom stereocenters. The zero-order valence-corrected chi connectivity index (χ0v) is 11.5. The number of aromatic nitrogens is 2. The number of nitrogens with one attached hydrogen (secondary N) is 1. The Morgan fingerprint density at radius 3 is 2.56 bits per heavy atom. The quantitative estimate of drug-likeness (QED) is 0.857. The molecular formula is C10H13BrF3N3O. The van der Waals surface area contributed by atoms with E-state index in [1.807, 2.05) is 0 Å². The van der Waals surface area contributed by atoms with Crippen LogP contribution in [0, 0.1) is 13.8 Å². The first-order chi connectivity index (χ1) is 8.22. The van der Waals surface area contributed by atoms with E-state index in [0.29, 0.717) is 15.9 Å². The highest BCUT2D eigenvalue weighted by atomic mass is 79.9. The fraction of sp³-hybridized carbons (Fsp3) is 0.600. The first kappa shape index (κ1) is 15.2. The summed E-state index contributed by atoms with van der Waals surface area (Å²) >= 11 is 3.28. The molecule has 0 aliphatic rings. The third-order valence-corrected chi connectivity index (χ3v) is 3.52. The molecule has 1 heterocycles. The van der Waals surface area contributed by atoms with Gasteiger partial charge in [-0.3, -0.25) is 4.57 Å². The third kappa shape index (κ3) is 4.09. The Labute approximate surface area is 110 Å². The molecule has 0 amide bonds. The summed E-state index contributed by atoms with van der Waals surface area (Å²) in [5, 5.41) is 2.23. The molecule has 0 saturated heterocycles. The van der Waals surface area contributed by atoms with Crippen LogP contribution in [0.3, 0.4) is 0 Å². The van der Waals surface area contributed by atoms with Gasteiger partial charge < -0.3 is 5.32 Å². The number of rotatable bonds is 4. The summed E-state index contributed by atoms with van der Waals surface area (Å²) in [5.41, 5.74) is 0.764. The minimum absolute atomic E-state index is 0.0530. The van der Waals surface area contributed by atoms with E-state index in [4.69, 9.17) is 0 Å². The summed E-state index contributed by atoms with van der Waals surface area (Å²) < 4.78 is 37.7. The van der Waals surface area contributed by atoms with Gasteiger partial charge in [0, 0.05) is 18.8 Å². The first-order valence-electron chi connectivity index (χ1n) is 5.23. The number of hydrogen-bond acceptors (Lipinski definition) is 3. The number of hydrogen-bond donors (Lipinski definition) is 1. The Kier molecular flexibility index (Phi) is 4.92. The molecule has 8 heteroatoms. The Morgan fingerprint density at radius 2 is 2.00 bits per heavy atom. The van der Waals surface area contributed by atoms with Crippen molar-refractivity contribution in [2.75, 3.05) is 13.1 Å². The van der Waals surface area contributed by atoms with Gasteiger partial charge in [0.2, 0.25) is 0 Å². The lowest BCUT2D eigenvalue weighted by Gasteiger charge is -2.13. The van der Waals surface area contributed by atoms with Gasteiger partial charge in [0.1, 0.15) is 0 Å². The summed E-state index contributed by atoms with van der Waals surface area (Å²) in [6, 6.07) is 0. The summed E-state index contributed by atoms with van der Waals surface area (Å²) in [6.07, 6.45) is -4.24. The van der Waals surface area contributed by atoms with Crippen LogP contribution < -0.4 is 11.0 Å². The molecule has 0 radical (unpaired) electrons. The zero-order chi connectivity index (χ0) is 13.9. The molecule has 0 aromatic carbocycles. The average Bonchev–Trinajstić information content (AvgIpc) is 2.23. The van der Waals surface area contributed by atoms with Gasteiger partial charge in [-0.1, -0.05) is 0 Å². The van der Waals surface area contributed by atoms with Gasteiger partial charge in [-0.05, 0) is 29.8 Å². The van der Waals surface area contributed by atoms with Crippen LogP contribution in [-0.4, -0.2) is 28.8 Å². The standard InChI is InChI=1S/C10H13BrF3N3O/c1-6-8(11)7(2)17(9(18)16-6)4-3-15-5-10(12,13)14/h15H,3-5H2,1-2H3. The van der Waals surface area contributed by atoms with Gasteiger partial charge in [0.25, 0.3) is 0 Å². The second-order valence-corrected chi connectivity index (χ2v) is 4.62. The van der Waals surface area contributed by atoms with Crippen LogP contribution in [-0.2, 0) is 6.54 Å². The first-order valence-corrected chi connectivity index (χ1v) is 6.02. The van der Waals surface area contributed by atoms with Crippen LogP contribution in [0.2, 0.25) is 0 Å². The van der Waals surface area contributed by atoms with Crippen molar-refractivity contribution in [1.82, 2.24) is 14.9 Å². The van der Waals surface area contributed by atoms with Crippen LogP contribution in [0.25, 0.3) is 0 Å². The van der Waals surface area contributed by atoms with Gasteiger partial charge in [0.15, 0.2) is 0 Å². The van der Waals surface area contributed by atoms with E-state index in [9.17, 15) is 18.0 Å². The molecule has 102 valence electrons. The predicted octanol–water partition coefficient (Wildman–Crippen LogP) is 1.77. The predicted molar refractivity (Wildman–Crippen MR) is 64.6 cm³/mol. The number of alkyl halides is 3. The highest BCUT2D eigenvalue weighted by Crippen LogP contribution is 2.16. The van der Waals surface area contributed by atoms with Gasteiger partial charge in [-0.25, -0.2) is 4.79 Å². The molecule has 1 rings (SSSR count). The molecule has 1 aromatic heterocycles. The molecule has 18 heavy (non-hydrogen) atoms. The van der Waals surface area contributed by atoms with Gasteiger partial charge in [-0.2, -0.15) is 18.2 Å². The maximum Gasteiger partial charge on any atom is 0.401 e. The summed E-state index contributed by atoms with van der Waals surface area (Å²) in [4.78, 5) is 15.4. The lowest BCUT2D eigenvalue weighted by Crippen LogP contribution is -2.35. The van der Waals surface area contributed by atoms with E-state index in [-0.39, 0.29) is 13.1 Å². The minimum Gasteiger partial charge on any atom is -0.307 e. The van der Waals surface area contributed by atoms with Crippen molar-refractivity contribution >= 4 is 15.9 Å². The lowest BCUT2D eigenvalue weighted by molar-refractivity contribution is -0.124. The molecule has 0 atom stereocenters. The van der Waals surface area contributed by atoms with Crippen LogP contribution in [0.1, 0.15) is 11.4 Å². The van der Waals surface area contributed by atoms with Crippen molar-refractivity contribution in [3.8, 4) is 0 Å². The van der Waals surface area contributed by atoms with Crippen molar-refractivity contribution in [3.05, 3.63) is 26.3 Å². The van der Waals surface area contributed by atoms with E-state index >= 15 is 0 Å². The topological polar surface area (TPSA) is 46.9 Å². The van der Waals surface area contributed by atoms with Crippen LogP contribution in [0.5, 0.6) is 0 Å². The number of aryl methyl sites for hydroxylation is 1. The SMILES string of the molecule is Cc1nc(=O)n(CCNCC(F)(F)F)c(C)c1Br. The normalized spacial score (nSPS) is 11.9. The molecular weight excluding hydrogens is 315 g/mol. The van der Waals surface area contributed by atoms with E-state index < -0.39 is 18.4 Å². The van der Waals surface area contributed by atoms with Crippen LogP contribution in [0.15, 0.2) is 9.27 Å². The van der Waals surface area contributed by atoms with Gasteiger partial charge in [-0.15, -0.1) is 0 Å². The Bertz CT molecular complexity index is 484. The highest BCUT2D eigenvalue weighted by molar-refractivity contribution is 9.10. The van der Waals surface area contributed by atoms with Crippen LogP contribution >= 0.6 is 15.9 Å². The maximum atomic E-state index is 11.9. The fourth-order valence-corrected chi connectivity index (χ4v) is 1.76. The molecule has 0 spiro atoms. The third-order valence-electron chi connectivity index (χ3n) is 2.37. The summed E-state index contributed by atoms with van der Waals surface area (Å²) in [5.74, 6) is 0. The van der Waals surface area contributed by atoms with E-state index in [2.05, 4.69) is 26.2 Å². The second kappa shape index (κ2) is 5.83. The van der Waals surface area contributed by atoms with E-state index in [1.54, 1.807) is 13.8 Å². The zero-order valence-electron chi connectivity index (χ0n) is 9.94. The molecule has 1 aromatic rings. The van der Waals surface area contributed by atoms with Gasteiger partial charge in [0.05, 0.1) is 16.7 Å². The fourth-order valence-electron chi connectivity index (χ4n) is 1.46. The average molecular weight is 328 g/mol. The molecule has 0 aliphatic carbocycles. The number of halogens is 4. The Morgan fingerprint density at radius 1 is 1.39 bits per heavy atom. The molecule has 4 nitrogen and oxygen atoms in total. The van der Waals surface area contributed by atoms with Crippen molar-refractivity contribution in [2.24, 2.45) is 0 Å². The van der Waals surface area contributed by atoms with Gasteiger partial charge >= 0.3 is 11.9 Å². The van der Waals surface area contributed by atoms with E-state index in [1.165, 1.54) is 4.57 Å². The largest absolute Gasteiger partial charge is 0.401 e. The number of nitrogens with zero attached hydrogens (tertiary/aromatic N) is 2. The monoisotopic (exact) mass is 327 g/mol.